The molecule has 0 amide bonds. The van der Waals surface area contributed by atoms with Gasteiger partial charge in [-0.2, -0.15) is 16.9 Å². The van der Waals surface area contributed by atoms with E-state index in [1.807, 2.05) is 16.4 Å². The van der Waals surface area contributed by atoms with Crippen molar-refractivity contribution in [3.8, 4) is 0 Å². The van der Waals surface area contributed by atoms with Crippen molar-refractivity contribution >= 4 is 17.7 Å². The van der Waals surface area contributed by atoms with Crippen LogP contribution in [0, 0.1) is 5.41 Å². The van der Waals surface area contributed by atoms with Crippen LogP contribution in [0.25, 0.3) is 0 Å². The average molecular weight is 283 g/mol. The Morgan fingerprint density at radius 3 is 3.00 bits per heavy atom. The Balaban J connectivity index is 1.77. The smallest absolute Gasteiger partial charge is 0.306 e. The van der Waals surface area contributed by atoms with Gasteiger partial charge in [0.1, 0.15) is 12.2 Å². The Hall–Kier alpha value is -1.04. The molecule has 1 saturated carbocycles. The molecule has 0 radical (unpaired) electrons. The molecule has 0 saturated heterocycles. The number of hydrogen-bond donors (Lipinski definition) is 0. The number of hydrogen-bond acceptors (Lipinski definition) is 5. The van der Waals surface area contributed by atoms with Crippen LogP contribution in [0.15, 0.2) is 6.33 Å². The summed E-state index contributed by atoms with van der Waals surface area (Å²) in [5.41, 5.74) is 0.188. The fourth-order valence-electron chi connectivity index (χ4n) is 2.08. The predicted octanol–water partition coefficient (Wildman–Crippen LogP) is 2.26. The Morgan fingerprint density at radius 1 is 1.58 bits per heavy atom. The summed E-state index contributed by atoms with van der Waals surface area (Å²) in [6, 6.07) is 0. The third kappa shape index (κ3) is 3.96. The van der Waals surface area contributed by atoms with Gasteiger partial charge in [-0.3, -0.25) is 4.79 Å². The first-order valence-electron chi connectivity index (χ1n) is 6.70. The standard InChI is InChI=1S/C13H21N3O2S/c1-3-6-16-11(14-10-15-16)8-19-9-13(4-5-13)7-12(17)18-2/h10H,3-9H2,1-2H3. The van der Waals surface area contributed by atoms with Crippen LogP contribution in [0.1, 0.15) is 38.4 Å². The summed E-state index contributed by atoms with van der Waals surface area (Å²) >= 11 is 1.84. The average Bonchev–Trinajstić information content (AvgIpc) is 3.01. The van der Waals surface area contributed by atoms with Crippen LogP contribution in [0.4, 0.5) is 0 Å². The lowest BCUT2D eigenvalue weighted by molar-refractivity contribution is -0.141. The molecular weight excluding hydrogens is 262 g/mol. The Morgan fingerprint density at radius 2 is 2.37 bits per heavy atom. The topological polar surface area (TPSA) is 57.0 Å². The largest absolute Gasteiger partial charge is 0.469 e. The summed E-state index contributed by atoms with van der Waals surface area (Å²) in [4.78, 5) is 15.6. The van der Waals surface area contributed by atoms with E-state index in [0.29, 0.717) is 6.42 Å². The lowest BCUT2D eigenvalue weighted by Crippen LogP contribution is -2.13. The van der Waals surface area contributed by atoms with Crippen LogP contribution in [-0.4, -0.2) is 33.6 Å². The number of carbonyl (C=O) groups excluding carboxylic acids is 1. The molecule has 106 valence electrons. The van der Waals surface area contributed by atoms with Crippen molar-refractivity contribution in [2.45, 2.75) is 44.9 Å². The van der Waals surface area contributed by atoms with E-state index >= 15 is 0 Å². The molecular formula is C13H21N3O2S. The summed E-state index contributed by atoms with van der Waals surface area (Å²) in [5, 5.41) is 4.22. The molecule has 1 aliphatic carbocycles. The zero-order chi connectivity index (χ0) is 13.7. The lowest BCUT2D eigenvalue weighted by Gasteiger charge is -2.13. The van der Waals surface area contributed by atoms with E-state index < -0.39 is 0 Å². The summed E-state index contributed by atoms with van der Waals surface area (Å²) in [5.74, 6) is 2.80. The molecule has 6 heteroatoms. The number of rotatable bonds is 8. The number of ether oxygens (including phenoxy) is 1. The molecule has 5 nitrogen and oxygen atoms in total. The molecule has 0 bridgehead atoms. The van der Waals surface area contributed by atoms with Gasteiger partial charge < -0.3 is 4.74 Å². The van der Waals surface area contributed by atoms with Crippen LogP contribution >= 0.6 is 11.8 Å². The molecule has 2 rings (SSSR count). The quantitative estimate of drug-likeness (QED) is 0.685. The van der Waals surface area contributed by atoms with Crippen LogP contribution in [0.5, 0.6) is 0 Å². The molecule has 1 heterocycles. The Labute approximate surface area is 118 Å². The van der Waals surface area contributed by atoms with E-state index in [4.69, 9.17) is 4.74 Å². The highest BCUT2D eigenvalue weighted by atomic mass is 32.2. The fraction of sp³-hybridized carbons (Fsp3) is 0.769. The number of aryl methyl sites for hydroxylation is 1. The van der Waals surface area contributed by atoms with Crippen molar-refractivity contribution in [2.24, 2.45) is 5.41 Å². The maximum Gasteiger partial charge on any atom is 0.306 e. The van der Waals surface area contributed by atoms with Crippen LogP contribution < -0.4 is 0 Å². The number of thioether (sulfide) groups is 1. The van der Waals surface area contributed by atoms with E-state index in [1.165, 1.54) is 7.11 Å². The number of aromatic nitrogens is 3. The van der Waals surface area contributed by atoms with Crippen LogP contribution in [0.3, 0.4) is 0 Å². The highest BCUT2D eigenvalue weighted by Gasteiger charge is 2.44. The maximum absolute atomic E-state index is 11.3. The van der Waals surface area contributed by atoms with Gasteiger partial charge in [0.25, 0.3) is 0 Å². The van der Waals surface area contributed by atoms with Crippen LogP contribution in [-0.2, 0) is 21.8 Å². The monoisotopic (exact) mass is 283 g/mol. The van der Waals surface area contributed by atoms with Gasteiger partial charge in [0.15, 0.2) is 0 Å². The van der Waals surface area contributed by atoms with Gasteiger partial charge in [-0.05, 0) is 30.4 Å². The van der Waals surface area contributed by atoms with Crippen molar-refractivity contribution in [1.82, 2.24) is 14.8 Å². The third-order valence-electron chi connectivity index (χ3n) is 3.47. The second kappa shape index (κ2) is 6.41. The van der Waals surface area contributed by atoms with Gasteiger partial charge in [-0.1, -0.05) is 6.92 Å². The highest BCUT2D eigenvalue weighted by molar-refractivity contribution is 7.98. The molecule has 1 aromatic rings. The molecule has 0 unspecified atom stereocenters. The summed E-state index contributed by atoms with van der Waals surface area (Å²) in [6.45, 7) is 3.05. The van der Waals surface area contributed by atoms with E-state index in [0.717, 1.165) is 43.1 Å². The first kappa shape index (κ1) is 14.4. The molecule has 1 fully saturated rings. The van der Waals surface area contributed by atoms with Crippen molar-refractivity contribution in [1.29, 1.82) is 0 Å². The first-order chi connectivity index (χ1) is 9.19. The molecule has 19 heavy (non-hydrogen) atoms. The van der Waals surface area contributed by atoms with Gasteiger partial charge in [0.05, 0.1) is 19.3 Å². The first-order valence-corrected chi connectivity index (χ1v) is 7.86. The van der Waals surface area contributed by atoms with Crippen molar-refractivity contribution < 1.29 is 9.53 Å². The third-order valence-corrected chi connectivity index (χ3v) is 4.75. The van der Waals surface area contributed by atoms with Crippen molar-refractivity contribution in [2.75, 3.05) is 12.9 Å². The number of esters is 1. The SMILES string of the molecule is CCCn1ncnc1CSCC1(CC(=O)OC)CC1. The molecule has 1 aromatic heterocycles. The zero-order valence-corrected chi connectivity index (χ0v) is 12.4. The number of carbonyl (C=O) groups is 1. The van der Waals surface area contributed by atoms with Gasteiger partial charge in [-0.25, -0.2) is 9.67 Å². The highest BCUT2D eigenvalue weighted by Crippen LogP contribution is 2.51. The van der Waals surface area contributed by atoms with Gasteiger partial charge in [0, 0.05) is 6.54 Å². The van der Waals surface area contributed by atoms with Crippen LogP contribution in [0.2, 0.25) is 0 Å². The van der Waals surface area contributed by atoms with Crippen molar-refractivity contribution in [3.05, 3.63) is 12.2 Å². The number of methoxy groups -OCH3 is 1. The molecule has 0 atom stereocenters. The van der Waals surface area contributed by atoms with Gasteiger partial charge in [-0.15, -0.1) is 0 Å². The molecule has 0 aliphatic heterocycles. The minimum absolute atomic E-state index is 0.0905. The molecule has 0 spiro atoms. The summed E-state index contributed by atoms with van der Waals surface area (Å²) in [7, 11) is 1.46. The fourth-order valence-corrected chi connectivity index (χ4v) is 3.42. The van der Waals surface area contributed by atoms with Crippen molar-refractivity contribution in [3.63, 3.8) is 0 Å². The number of nitrogens with zero attached hydrogens (tertiary/aromatic N) is 3. The second-order valence-corrected chi connectivity index (χ2v) is 6.13. The van der Waals surface area contributed by atoms with Gasteiger partial charge >= 0.3 is 5.97 Å². The van der Waals surface area contributed by atoms with E-state index in [9.17, 15) is 4.79 Å². The maximum atomic E-state index is 11.3. The summed E-state index contributed by atoms with van der Waals surface area (Å²) < 4.78 is 6.72. The molecule has 0 aromatic carbocycles. The minimum Gasteiger partial charge on any atom is -0.469 e. The lowest BCUT2D eigenvalue weighted by atomic mass is 10.1. The summed E-state index contributed by atoms with van der Waals surface area (Å²) in [6.07, 6.45) is 5.51. The molecule has 1 aliphatic rings. The Bertz CT molecular complexity index is 429. The van der Waals surface area contributed by atoms with E-state index in [-0.39, 0.29) is 11.4 Å². The van der Waals surface area contributed by atoms with Gasteiger partial charge in [0.2, 0.25) is 0 Å². The normalized spacial score (nSPS) is 16.3. The Kier molecular flexibility index (Phi) is 4.85. The molecule has 0 N–H and O–H groups in total. The second-order valence-electron chi connectivity index (χ2n) is 5.15. The van der Waals surface area contributed by atoms with E-state index in [2.05, 4.69) is 17.0 Å². The zero-order valence-electron chi connectivity index (χ0n) is 11.6. The van der Waals surface area contributed by atoms with E-state index in [1.54, 1.807) is 6.33 Å². The minimum atomic E-state index is -0.0905. The predicted molar refractivity (Wildman–Crippen MR) is 74.8 cm³/mol.